The van der Waals surface area contributed by atoms with E-state index in [2.05, 4.69) is 21.0 Å². The summed E-state index contributed by atoms with van der Waals surface area (Å²) in [7, 11) is 0. The summed E-state index contributed by atoms with van der Waals surface area (Å²) >= 11 is 3.37. The van der Waals surface area contributed by atoms with Crippen molar-refractivity contribution in [3.05, 3.63) is 51.0 Å². The van der Waals surface area contributed by atoms with E-state index in [-0.39, 0.29) is 5.82 Å². The Morgan fingerprint density at radius 2 is 2.11 bits per heavy atom. The Morgan fingerprint density at radius 1 is 1.39 bits per heavy atom. The summed E-state index contributed by atoms with van der Waals surface area (Å²) in [5, 5.41) is 4.46. The van der Waals surface area contributed by atoms with Crippen LogP contribution in [-0.4, -0.2) is 9.78 Å². The molecule has 2 N–H and O–H groups in total. The third-order valence-electron chi connectivity index (χ3n) is 3.07. The Labute approximate surface area is 114 Å². The van der Waals surface area contributed by atoms with Crippen LogP contribution in [0, 0.1) is 19.7 Å². The first-order valence-corrected chi connectivity index (χ1v) is 6.49. The maximum atomic E-state index is 13.0. The van der Waals surface area contributed by atoms with Crippen molar-refractivity contribution in [2.45, 2.75) is 26.9 Å². The highest BCUT2D eigenvalue weighted by Gasteiger charge is 2.11. The van der Waals surface area contributed by atoms with Gasteiger partial charge in [0.05, 0.1) is 12.2 Å². The lowest BCUT2D eigenvalue weighted by Gasteiger charge is -2.07. The Morgan fingerprint density at radius 3 is 2.67 bits per heavy atom. The molecule has 0 fully saturated rings. The number of nitrogens with zero attached hydrogens (tertiary/aromatic N) is 2. The predicted octanol–water partition coefficient (Wildman–Crippen LogP) is 2.91. The zero-order valence-corrected chi connectivity index (χ0v) is 12.0. The molecule has 0 aliphatic heterocycles. The standard InChI is InChI=1S/C13H15BrFN3/c1-8-12(6-16)9(2)18(17-8)7-10-3-4-11(15)5-13(10)14/h3-5H,6-7,16H2,1-2H3. The minimum atomic E-state index is -0.248. The van der Waals surface area contributed by atoms with Gasteiger partial charge in [-0.3, -0.25) is 4.68 Å². The first-order valence-electron chi connectivity index (χ1n) is 5.69. The Kier molecular flexibility index (Phi) is 3.82. The van der Waals surface area contributed by atoms with Gasteiger partial charge < -0.3 is 5.73 Å². The van der Waals surface area contributed by atoms with Crippen LogP contribution in [0.25, 0.3) is 0 Å². The van der Waals surface area contributed by atoms with Gasteiger partial charge >= 0.3 is 0 Å². The molecule has 0 radical (unpaired) electrons. The SMILES string of the molecule is Cc1nn(Cc2ccc(F)cc2Br)c(C)c1CN. The van der Waals surface area contributed by atoms with Gasteiger partial charge in [-0.2, -0.15) is 5.10 Å². The van der Waals surface area contributed by atoms with E-state index in [1.165, 1.54) is 12.1 Å². The average molecular weight is 312 g/mol. The molecule has 18 heavy (non-hydrogen) atoms. The number of halogens is 2. The highest BCUT2D eigenvalue weighted by molar-refractivity contribution is 9.10. The lowest BCUT2D eigenvalue weighted by molar-refractivity contribution is 0.620. The molecule has 0 bridgehead atoms. The number of hydrogen-bond acceptors (Lipinski definition) is 2. The molecule has 0 amide bonds. The molecule has 0 atom stereocenters. The number of rotatable bonds is 3. The second kappa shape index (κ2) is 5.20. The Balaban J connectivity index is 2.34. The monoisotopic (exact) mass is 311 g/mol. The van der Waals surface area contributed by atoms with Crippen LogP contribution in [0.2, 0.25) is 0 Å². The molecule has 1 aromatic carbocycles. The molecule has 0 aliphatic rings. The van der Waals surface area contributed by atoms with Crippen LogP contribution in [0.15, 0.2) is 22.7 Å². The third-order valence-corrected chi connectivity index (χ3v) is 3.81. The summed E-state index contributed by atoms with van der Waals surface area (Å²) in [5.41, 5.74) is 9.78. The van der Waals surface area contributed by atoms with Crippen molar-refractivity contribution in [3.63, 3.8) is 0 Å². The maximum absolute atomic E-state index is 13.0. The normalized spacial score (nSPS) is 10.9. The smallest absolute Gasteiger partial charge is 0.124 e. The second-order valence-corrected chi connectivity index (χ2v) is 5.10. The van der Waals surface area contributed by atoms with Gasteiger partial charge in [-0.05, 0) is 31.5 Å². The summed E-state index contributed by atoms with van der Waals surface area (Å²) in [6.07, 6.45) is 0. The van der Waals surface area contributed by atoms with E-state index in [4.69, 9.17) is 5.73 Å². The fourth-order valence-corrected chi connectivity index (χ4v) is 2.47. The van der Waals surface area contributed by atoms with Crippen molar-refractivity contribution in [2.24, 2.45) is 5.73 Å². The van der Waals surface area contributed by atoms with Gasteiger partial charge in [0.2, 0.25) is 0 Å². The Hall–Kier alpha value is -1.20. The molecule has 0 unspecified atom stereocenters. The van der Waals surface area contributed by atoms with E-state index in [1.807, 2.05) is 18.5 Å². The van der Waals surface area contributed by atoms with Crippen LogP contribution in [-0.2, 0) is 13.1 Å². The van der Waals surface area contributed by atoms with Crippen LogP contribution in [0.1, 0.15) is 22.5 Å². The lowest BCUT2D eigenvalue weighted by atomic mass is 10.2. The van der Waals surface area contributed by atoms with E-state index in [1.54, 1.807) is 6.07 Å². The van der Waals surface area contributed by atoms with Crippen molar-refractivity contribution >= 4 is 15.9 Å². The zero-order chi connectivity index (χ0) is 13.3. The third kappa shape index (κ3) is 2.47. The molecular formula is C13H15BrFN3. The van der Waals surface area contributed by atoms with Crippen LogP contribution in [0.4, 0.5) is 4.39 Å². The molecule has 0 saturated carbocycles. The number of benzene rings is 1. The summed E-state index contributed by atoms with van der Waals surface area (Å²) in [5.74, 6) is -0.248. The fraction of sp³-hybridized carbons (Fsp3) is 0.308. The topological polar surface area (TPSA) is 43.8 Å². The maximum Gasteiger partial charge on any atom is 0.124 e. The molecule has 5 heteroatoms. The average Bonchev–Trinajstić information content (AvgIpc) is 2.58. The van der Waals surface area contributed by atoms with E-state index in [0.717, 1.165) is 27.0 Å². The summed E-state index contributed by atoms with van der Waals surface area (Å²) in [6.45, 7) is 5.04. The predicted molar refractivity (Wildman–Crippen MR) is 72.8 cm³/mol. The molecule has 3 nitrogen and oxygen atoms in total. The van der Waals surface area contributed by atoms with E-state index < -0.39 is 0 Å². The molecule has 1 aromatic heterocycles. The molecular weight excluding hydrogens is 297 g/mol. The highest BCUT2D eigenvalue weighted by atomic mass is 79.9. The first-order chi connectivity index (χ1) is 8.52. The fourth-order valence-electron chi connectivity index (χ4n) is 1.99. The van der Waals surface area contributed by atoms with Gasteiger partial charge in [-0.1, -0.05) is 22.0 Å². The minimum absolute atomic E-state index is 0.248. The molecule has 0 spiro atoms. The number of nitrogens with two attached hydrogens (primary N) is 1. The summed E-state index contributed by atoms with van der Waals surface area (Å²) < 4.78 is 15.7. The minimum Gasteiger partial charge on any atom is -0.326 e. The molecule has 2 rings (SSSR count). The number of aryl methyl sites for hydroxylation is 1. The molecule has 0 saturated heterocycles. The van der Waals surface area contributed by atoms with Crippen LogP contribution in [0.3, 0.4) is 0 Å². The number of aromatic nitrogens is 2. The Bertz CT molecular complexity index is 578. The molecule has 96 valence electrons. The second-order valence-electron chi connectivity index (χ2n) is 4.25. The van der Waals surface area contributed by atoms with E-state index in [0.29, 0.717) is 13.1 Å². The molecule has 0 aliphatic carbocycles. The van der Waals surface area contributed by atoms with Crippen LogP contribution < -0.4 is 5.73 Å². The highest BCUT2D eigenvalue weighted by Crippen LogP contribution is 2.21. The van der Waals surface area contributed by atoms with E-state index in [9.17, 15) is 4.39 Å². The quantitative estimate of drug-likeness (QED) is 0.947. The number of hydrogen-bond donors (Lipinski definition) is 1. The van der Waals surface area contributed by atoms with Crippen molar-refractivity contribution in [3.8, 4) is 0 Å². The van der Waals surface area contributed by atoms with Gasteiger partial charge in [0, 0.05) is 22.3 Å². The zero-order valence-electron chi connectivity index (χ0n) is 10.4. The van der Waals surface area contributed by atoms with Gasteiger partial charge in [-0.25, -0.2) is 4.39 Å². The van der Waals surface area contributed by atoms with Crippen molar-refractivity contribution in [2.75, 3.05) is 0 Å². The van der Waals surface area contributed by atoms with Crippen molar-refractivity contribution in [1.29, 1.82) is 0 Å². The molecule has 2 aromatic rings. The van der Waals surface area contributed by atoms with Gasteiger partial charge in [0.1, 0.15) is 5.82 Å². The van der Waals surface area contributed by atoms with Gasteiger partial charge in [0.15, 0.2) is 0 Å². The van der Waals surface area contributed by atoms with Crippen LogP contribution >= 0.6 is 15.9 Å². The van der Waals surface area contributed by atoms with Gasteiger partial charge in [0.25, 0.3) is 0 Å². The largest absolute Gasteiger partial charge is 0.326 e. The summed E-state index contributed by atoms with van der Waals surface area (Å²) in [4.78, 5) is 0. The van der Waals surface area contributed by atoms with E-state index >= 15 is 0 Å². The van der Waals surface area contributed by atoms with Crippen molar-refractivity contribution in [1.82, 2.24) is 9.78 Å². The van der Waals surface area contributed by atoms with Crippen LogP contribution in [0.5, 0.6) is 0 Å². The van der Waals surface area contributed by atoms with Crippen molar-refractivity contribution < 1.29 is 4.39 Å². The first kappa shape index (κ1) is 13.2. The lowest BCUT2D eigenvalue weighted by Crippen LogP contribution is -2.06. The van der Waals surface area contributed by atoms with Gasteiger partial charge in [-0.15, -0.1) is 0 Å². The summed E-state index contributed by atoms with van der Waals surface area (Å²) in [6, 6.07) is 4.68. The molecule has 1 heterocycles.